The third-order valence-corrected chi connectivity index (χ3v) is 10.1. The van der Waals surface area contributed by atoms with E-state index in [1.54, 1.807) is 0 Å². The van der Waals surface area contributed by atoms with Crippen LogP contribution in [0.4, 0.5) is 0 Å². The second-order valence-corrected chi connectivity index (χ2v) is 12.4. The van der Waals surface area contributed by atoms with Crippen molar-refractivity contribution in [1.29, 1.82) is 0 Å². The highest BCUT2D eigenvalue weighted by Gasteiger charge is 2.41. The molecule has 0 radical (unpaired) electrons. The van der Waals surface area contributed by atoms with Gasteiger partial charge in [0.15, 0.2) is 5.82 Å². The zero-order valence-electron chi connectivity index (χ0n) is 22.9. The summed E-state index contributed by atoms with van der Waals surface area (Å²) in [6.07, 6.45) is 6.43. The highest BCUT2D eigenvalue weighted by atomic mass is 32.2. The van der Waals surface area contributed by atoms with E-state index in [4.69, 9.17) is 9.97 Å². The van der Waals surface area contributed by atoms with Gasteiger partial charge in [-0.3, -0.25) is 0 Å². The van der Waals surface area contributed by atoms with E-state index < -0.39 is 0 Å². The first-order chi connectivity index (χ1) is 20.3. The molecule has 2 heterocycles. The molecule has 1 fully saturated rings. The molecule has 0 atom stereocenters. The second kappa shape index (κ2) is 10.0. The Morgan fingerprint density at radius 1 is 0.512 bits per heavy atom. The third kappa shape index (κ3) is 4.19. The Kier molecular flexibility index (Phi) is 6.00. The van der Waals surface area contributed by atoms with Crippen LogP contribution in [0.1, 0.15) is 43.2 Å². The van der Waals surface area contributed by atoms with E-state index in [1.807, 2.05) is 36.0 Å². The van der Waals surface area contributed by atoms with Gasteiger partial charge >= 0.3 is 0 Å². The minimum absolute atomic E-state index is 0.138. The minimum Gasteiger partial charge on any atom is -0.228 e. The number of hydrogen-bond acceptors (Lipinski definition) is 3. The highest BCUT2D eigenvalue weighted by Crippen LogP contribution is 2.55. The molecular formula is C38H30N2S. The predicted octanol–water partition coefficient (Wildman–Crippen LogP) is 10.3. The SMILES string of the molecule is c1ccc(-c2nc(-c3ccc(-c4ccc5c(c4)C4(CCCCC4)c4ccccc4S5)cc3)c3ccccc3n2)cc1. The van der Waals surface area contributed by atoms with Crippen LogP contribution in [0.3, 0.4) is 0 Å². The predicted molar refractivity (Wildman–Crippen MR) is 170 cm³/mol. The molecule has 3 heteroatoms. The van der Waals surface area contributed by atoms with Crippen LogP contribution in [0.25, 0.3) is 44.7 Å². The van der Waals surface area contributed by atoms with Crippen molar-refractivity contribution in [3.8, 4) is 33.8 Å². The van der Waals surface area contributed by atoms with Crippen molar-refractivity contribution in [1.82, 2.24) is 9.97 Å². The van der Waals surface area contributed by atoms with Crippen molar-refractivity contribution in [3.05, 3.63) is 132 Å². The van der Waals surface area contributed by atoms with Crippen LogP contribution >= 0.6 is 11.8 Å². The molecule has 0 saturated heterocycles. The van der Waals surface area contributed by atoms with E-state index in [2.05, 4.69) is 97.1 Å². The van der Waals surface area contributed by atoms with E-state index in [0.29, 0.717) is 0 Å². The summed E-state index contributed by atoms with van der Waals surface area (Å²) in [6.45, 7) is 0. The highest BCUT2D eigenvalue weighted by molar-refractivity contribution is 7.99. The lowest BCUT2D eigenvalue weighted by atomic mass is 9.65. The van der Waals surface area contributed by atoms with E-state index in [9.17, 15) is 0 Å². The number of aromatic nitrogens is 2. The largest absolute Gasteiger partial charge is 0.228 e. The molecule has 0 unspecified atom stereocenters. The van der Waals surface area contributed by atoms with Crippen LogP contribution in [0.15, 0.2) is 131 Å². The van der Waals surface area contributed by atoms with Gasteiger partial charge in [0.2, 0.25) is 0 Å². The average molecular weight is 547 g/mol. The van der Waals surface area contributed by atoms with Crippen molar-refractivity contribution in [2.45, 2.75) is 47.3 Å². The van der Waals surface area contributed by atoms with Gasteiger partial charge in [-0.1, -0.05) is 128 Å². The molecule has 41 heavy (non-hydrogen) atoms. The van der Waals surface area contributed by atoms with Crippen LogP contribution in [-0.4, -0.2) is 9.97 Å². The molecule has 1 spiro atoms. The van der Waals surface area contributed by atoms with Gasteiger partial charge in [0.25, 0.3) is 0 Å². The van der Waals surface area contributed by atoms with Gasteiger partial charge < -0.3 is 0 Å². The summed E-state index contributed by atoms with van der Waals surface area (Å²) in [7, 11) is 0. The molecule has 2 nitrogen and oxygen atoms in total. The zero-order valence-corrected chi connectivity index (χ0v) is 23.7. The summed E-state index contributed by atoms with van der Waals surface area (Å²) in [4.78, 5) is 12.8. The van der Waals surface area contributed by atoms with Crippen molar-refractivity contribution in [2.75, 3.05) is 0 Å². The van der Waals surface area contributed by atoms with Crippen molar-refractivity contribution in [3.63, 3.8) is 0 Å². The second-order valence-electron chi connectivity index (χ2n) is 11.3. The maximum Gasteiger partial charge on any atom is 0.160 e. The molecule has 0 bridgehead atoms. The first-order valence-electron chi connectivity index (χ1n) is 14.6. The molecule has 0 amide bonds. The number of benzene rings is 5. The minimum atomic E-state index is 0.138. The van der Waals surface area contributed by atoms with Crippen LogP contribution in [0.2, 0.25) is 0 Å². The van der Waals surface area contributed by atoms with E-state index in [0.717, 1.165) is 33.5 Å². The summed E-state index contributed by atoms with van der Waals surface area (Å²) in [6, 6.07) is 43.8. The summed E-state index contributed by atoms with van der Waals surface area (Å²) in [5.41, 5.74) is 9.81. The first-order valence-corrected chi connectivity index (χ1v) is 15.5. The number of nitrogens with zero attached hydrogens (tertiary/aromatic N) is 2. The summed E-state index contributed by atoms with van der Waals surface area (Å²) >= 11 is 1.94. The van der Waals surface area contributed by atoms with E-state index in [-0.39, 0.29) is 5.41 Å². The number of fused-ring (bicyclic) bond motifs is 5. The van der Waals surface area contributed by atoms with Gasteiger partial charge in [0.05, 0.1) is 11.2 Å². The van der Waals surface area contributed by atoms with Gasteiger partial charge in [-0.05, 0) is 59.4 Å². The van der Waals surface area contributed by atoms with Gasteiger partial charge in [-0.2, -0.15) is 0 Å². The molecule has 1 aromatic heterocycles. The third-order valence-electron chi connectivity index (χ3n) is 8.95. The smallest absolute Gasteiger partial charge is 0.160 e. The lowest BCUT2D eigenvalue weighted by molar-refractivity contribution is 0.335. The summed E-state index contributed by atoms with van der Waals surface area (Å²) < 4.78 is 0. The van der Waals surface area contributed by atoms with Crippen molar-refractivity contribution in [2.24, 2.45) is 0 Å². The van der Waals surface area contributed by atoms with Crippen LogP contribution < -0.4 is 0 Å². The van der Waals surface area contributed by atoms with E-state index >= 15 is 0 Å². The Morgan fingerprint density at radius 3 is 2.05 bits per heavy atom. The molecule has 0 N–H and O–H groups in total. The standard InChI is InChI=1S/C38H30N2S/c1-3-11-28(12-4-1)37-39-33-15-7-5-13-30(33)36(40-37)27-19-17-26(18-20-27)29-21-22-35-32(25-29)38(23-9-2-10-24-38)31-14-6-8-16-34(31)41-35/h1,3-8,11-22,25H,2,9-10,23-24H2. The van der Waals surface area contributed by atoms with Crippen molar-refractivity contribution >= 4 is 22.7 Å². The van der Waals surface area contributed by atoms with Gasteiger partial charge in [-0.25, -0.2) is 9.97 Å². The Labute approximate surface area is 245 Å². The normalized spacial score (nSPS) is 15.4. The summed E-state index contributed by atoms with van der Waals surface area (Å²) in [5, 5.41) is 1.07. The average Bonchev–Trinajstić information content (AvgIpc) is 3.05. The van der Waals surface area contributed by atoms with Crippen LogP contribution in [0.5, 0.6) is 0 Å². The Morgan fingerprint density at radius 2 is 1.20 bits per heavy atom. The van der Waals surface area contributed by atoms with Crippen molar-refractivity contribution < 1.29 is 0 Å². The fraction of sp³-hybridized carbons (Fsp3) is 0.158. The lowest BCUT2D eigenvalue weighted by Crippen LogP contribution is -2.33. The number of rotatable bonds is 3. The zero-order chi connectivity index (χ0) is 27.2. The maximum absolute atomic E-state index is 5.07. The topological polar surface area (TPSA) is 25.8 Å². The molecule has 1 aliphatic heterocycles. The molecule has 6 aromatic rings. The molecule has 1 aliphatic carbocycles. The Balaban J connectivity index is 1.20. The molecule has 2 aliphatic rings. The monoisotopic (exact) mass is 546 g/mol. The Bertz CT molecular complexity index is 1890. The van der Waals surface area contributed by atoms with Gasteiger partial charge in [0, 0.05) is 31.7 Å². The fourth-order valence-corrected chi connectivity index (χ4v) is 8.17. The van der Waals surface area contributed by atoms with Gasteiger partial charge in [0.1, 0.15) is 0 Å². The van der Waals surface area contributed by atoms with E-state index in [1.165, 1.54) is 64.1 Å². The number of hydrogen-bond donors (Lipinski definition) is 0. The fourth-order valence-electron chi connectivity index (χ4n) is 6.91. The van der Waals surface area contributed by atoms with Crippen LogP contribution in [0, 0.1) is 0 Å². The van der Waals surface area contributed by atoms with Crippen LogP contribution in [-0.2, 0) is 5.41 Å². The molecule has 8 rings (SSSR count). The maximum atomic E-state index is 5.07. The Hall–Kier alpha value is -4.21. The summed E-state index contributed by atoms with van der Waals surface area (Å²) in [5.74, 6) is 0.758. The molecular weight excluding hydrogens is 516 g/mol. The quantitative estimate of drug-likeness (QED) is 0.221. The number of para-hydroxylation sites is 1. The molecule has 5 aromatic carbocycles. The molecule has 1 saturated carbocycles. The lowest BCUT2D eigenvalue weighted by Gasteiger charge is -2.43. The van der Waals surface area contributed by atoms with Gasteiger partial charge in [-0.15, -0.1) is 0 Å². The molecule has 198 valence electrons. The first kappa shape index (κ1) is 24.6.